The molecular weight excluding hydrogens is 531 g/mol. The van der Waals surface area contributed by atoms with Crippen molar-refractivity contribution in [2.75, 3.05) is 0 Å². The predicted octanol–water partition coefficient (Wildman–Crippen LogP) is 6.67. The highest BCUT2D eigenvalue weighted by Crippen LogP contribution is 2.54. The highest BCUT2D eigenvalue weighted by atomic mass is 32.2. The van der Waals surface area contributed by atoms with Gasteiger partial charge in [-0.25, -0.2) is 17.6 Å². The second-order valence-corrected chi connectivity index (χ2v) is 9.76. The first-order chi connectivity index (χ1) is 16.4. The zero-order chi connectivity index (χ0) is 28.3. The Morgan fingerprint density at radius 1 is 0.750 bits per heavy atom. The molecule has 0 spiro atoms. The average molecular weight is 565 g/mol. The molecule has 0 aliphatic rings. The van der Waals surface area contributed by atoms with E-state index >= 15 is 0 Å². The van der Waals surface area contributed by atoms with Crippen molar-refractivity contribution in [2.45, 2.75) is 114 Å². The minimum Gasteiger partial charge on any atom is -0.743 e. The molecule has 0 atom stereocenters. The van der Waals surface area contributed by atoms with Crippen molar-refractivity contribution in [2.24, 2.45) is 0 Å². The first-order valence-corrected chi connectivity index (χ1v) is 13.0. The highest BCUT2D eigenvalue weighted by Gasteiger charge is 2.83. The lowest BCUT2D eigenvalue weighted by molar-refractivity contribution is -0.696. The Kier molecular flexibility index (Phi) is 13.8. The highest BCUT2D eigenvalue weighted by molar-refractivity contribution is 7.86. The number of hydrogen-bond donors (Lipinski definition) is 0. The molecule has 0 saturated heterocycles. The van der Waals surface area contributed by atoms with Crippen LogP contribution in [0.15, 0.2) is 18.7 Å². The van der Waals surface area contributed by atoms with Crippen molar-refractivity contribution in [1.82, 2.24) is 4.57 Å². The zero-order valence-corrected chi connectivity index (χ0v) is 21.0. The van der Waals surface area contributed by atoms with Crippen molar-refractivity contribution in [3.05, 3.63) is 18.7 Å². The monoisotopic (exact) mass is 564 g/mol. The number of rotatable bonds is 15. The van der Waals surface area contributed by atoms with Crippen molar-refractivity contribution < 1.29 is 57.1 Å². The van der Waals surface area contributed by atoms with Crippen LogP contribution in [0.25, 0.3) is 0 Å². The Labute approximate surface area is 205 Å². The standard InChI is InChI=1S/C17H33N2.C4HF9O3S/c1-3-5-6-7-8-9-10-11-12-14-19-16-15-18(17-19)13-4-2;5-1(6,3(9,10)11)2(7,8)4(12,13)17(14,15)16/h15-17H,3-14H2,1-2H3;(H,14,15,16)/q+1;/p-1. The Morgan fingerprint density at radius 2 is 1.22 bits per heavy atom. The number of aromatic nitrogens is 2. The first kappa shape index (κ1) is 34.5. The molecule has 0 N–H and O–H groups in total. The van der Waals surface area contributed by atoms with Gasteiger partial charge in [-0.3, -0.25) is 0 Å². The maximum absolute atomic E-state index is 12.2. The van der Waals surface area contributed by atoms with E-state index in [-0.39, 0.29) is 0 Å². The van der Waals surface area contributed by atoms with Gasteiger partial charge in [0.2, 0.25) is 6.33 Å². The maximum atomic E-state index is 12.2. The minimum atomic E-state index is -7.43. The minimum absolute atomic E-state index is 1.14. The number of nitrogens with zero attached hydrogens (tertiary/aromatic N) is 2. The second kappa shape index (κ2) is 14.4. The van der Waals surface area contributed by atoms with Crippen molar-refractivity contribution in [1.29, 1.82) is 0 Å². The molecule has 1 aromatic rings. The third-order valence-corrected chi connectivity index (χ3v) is 6.06. The SMILES string of the molecule is CCCCCCCCCCCn1cc[n+](CCC)c1.O=S(=O)([O-])C(F)(F)C(F)(F)C(F)(F)C(F)(F)F. The predicted molar refractivity (Wildman–Crippen MR) is 113 cm³/mol. The number of halogens is 9. The molecule has 0 aliphatic heterocycles. The maximum Gasteiger partial charge on any atom is 0.460 e. The molecule has 1 rings (SSSR count). The van der Waals surface area contributed by atoms with Crippen LogP contribution in [-0.2, 0) is 23.2 Å². The molecule has 214 valence electrons. The van der Waals surface area contributed by atoms with E-state index in [1.54, 1.807) is 0 Å². The summed E-state index contributed by atoms with van der Waals surface area (Å²) in [6, 6.07) is 0. The fraction of sp³-hybridized carbons (Fsp3) is 0.857. The van der Waals surface area contributed by atoms with Crippen molar-refractivity contribution in [3.63, 3.8) is 0 Å². The molecule has 0 unspecified atom stereocenters. The van der Waals surface area contributed by atoms with Crippen LogP contribution in [0.4, 0.5) is 39.5 Å². The molecule has 15 heteroatoms. The Balaban J connectivity index is 0.000000686. The molecule has 36 heavy (non-hydrogen) atoms. The summed E-state index contributed by atoms with van der Waals surface area (Å²) in [5.74, 6) is -14.8. The Hall–Kier alpha value is -1.51. The lowest BCUT2D eigenvalue weighted by atomic mass is 10.1. The summed E-state index contributed by atoms with van der Waals surface area (Å²) >= 11 is 0. The third-order valence-electron chi connectivity index (χ3n) is 5.18. The van der Waals surface area contributed by atoms with E-state index in [1.807, 2.05) is 0 Å². The number of hydrogen-bond acceptors (Lipinski definition) is 3. The summed E-state index contributed by atoms with van der Waals surface area (Å²) in [5.41, 5.74) is 0. The molecular formula is C21H33F9N2O3S. The molecule has 0 bridgehead atoms. The van der Waals surface area contributed by atoms with Gasteiger partial charge in [-0.2, -0.15) is 39.5 Å². The van der Waals surface area contributed by atoms with Crippen LogP contribution in [0.3, 0.4) is 0 Å². The van der Waals surface area contributed by atoms with Crippen LogP contribution in [0.1, 0.15) is 78.1 Å². The summed E-state index contributed by atoms with van der Waals surface area (Å²) in [4.78, 5) is 0. The third kappa shape index (κ3) is 9.75. The van der Waals surface area contributed by atoms with Crippen LogP contribution >= 0.6 is 0 Å². The first-order valence-electron chi connectivity index (χ1n) is 11.6. The van der Waals surface area contributed by atoms with Gasteiger partial charge in [0, 0.05) is 0 Å². The van der Waals surface area contributed by atoms with Gasteiger partial charge in [-0.15, -0.1) is 0 Å². The van der Waals surface area contributed by atoms with Crippen molar-refractivity contribution in [3.8, 4) is 0 Å². The molecule has 5 nitrogen and oxygen atoms in total. The molecule has 0 radical (unpaired) electrons. The number of imidazole rings is 1. The van der Waals surface area contributed by atoms with E-state index in [1.165, 1.54) is 70.8 Å². The van der Waals surface area contributed by atoms with Crippen LogP contribution in [0, 0.1) is 0 Å². The van der Waals surface area contributed by atoms with E-state index in [0.717, 1.165) is 6.54 Å². The van der Waals surface area contributed by atoms with Crippen LogP contribution in [-0.4, -0.2) is 40.8 Å². The lowest BCUT2D eigenvalue weighted by Gasteiger charge is -2.34. The number of alkyl halides is 9. The van der Waals surface area contributed by atoms with Gasteiger partial charge in [-0.1, -0.05) is 58.8 Å². The quantitative estimate of drug-likeness (QED) is 0.103. The largest absolute Gasteiger partial charge is 0.743 e. The molecule has 1 aromatic heterocycles. The second-order valence-electron chi connectivity index (χ2n) is 8.34. The Morgan fingerprint density at radius 3 is 1.64 bits per heavy atom. The topological polar surface area (TPSA) is 66.0 Å². The summed E-state index contributed by atoms with van der Waals surface area (Å²) in [6.45, 7) is 6.84. The summed E-state index contributed by atoms with van der Waals surface area (Å²) in [6.07, 6.45) is 13.4. The molecule has 0 aromatic carbocycles. The molecule has 0 amide bonds. The summed E-state index contributed by atoms with van der Waals surface area (Å²) in [7, 11) is -7.42. The van der Waals surface area contributed by atoms with E-state index in [2.05, 4.69) is 41.7 Å². The van der Waals surface area contributed by atoms with Crippen LogP contribution in [0.5, 0.6) is 0 Å². The van der Waals surface area contributed by atoms with E-state index in [0.29, 0.717) is 0 Å². The van der Waals surface area contributed by atoms with Gasteiger partial charge < -0.3 is 4.55 Å². The van der Waals surface area contributed by atoms with Gasteiger partial charge in [-0.05, 0) is 19.3 Å². The van der Waals surface area contributed by atoms with Gasteiger partial charge in [0.05, 0.1) is 13.1 Å². The molecule has 1 heterocycles. The molecule has 0 aliphatic carbocycles. The van der Waals surface area contributed by atoms with Crippen LogP contribution < -0.4 is 4.57 Å². The fourth-order valence-corrected chi connectivity index (χ4v) is 3.53. The van der Waals surface area contributed by atoms with Gasteiger partial charge >= 0.3 is 23.3 Å². The van der Waals surface area contributed by atoms with Crippen molar-refractivity contribution >= 4 is 10.1 Å². The molecule has 0 fully saturated rings. The average Bonchev–Trinajstić information content (AvgIpc) is 3.19. The lowest BCUT2D eigenvalue weighted by Crippen LogP contribution is -2.63. The van der Waals surface area contributed by atoms with Crippen LogP contribution in [0.2, 0.25) is 0 Å². The van der Waals surface area contributed by atoms with E-state index in [9.17, 15) is 52.5 Å². The fourth-order valence-electron chi connectivity index (χ4n) is 3.08. The smallest absolute Gasteiger partial charge is 0.460 e. The van der Waals surface area contributed by atoms with Gasteiger partial charge in [0.15, 0.2) is 10.1 Å². The molecule has 0 saturated carbocycles. The summed E-state index contributed by atoms with van der Waals surface area (Å²) in [5, 5.41) is -7.11. The normalized spacial score (nSPS) is 13.4. The Bertz CT molecular complexity index is 857. The number of aryl methyl sites for hydroxylation is 2. The van der Waals surface area contributed by atoms with Gasteiger partial charge in [0.25, 0.3) is 0 Å². The number of unbranched alkanes of at least 4 members (excludes halogenated alkanes) is 8. The van der Waals surface area contributed by atoms with Gasteiger partial charge in [0.1, 0.15) is 12.4 Å². The van der Waals surface area contributed by atoms with E-state index in [4.69, 9.17) is 0 Å². The summed E-state index contributed by atoms with van der Waals surface area (Å²) < 4.78 is 140. The zero-order valence-electron chi connectivity index (χ0n) is 20.1. The van der Waals surface area contributed by atoms with E-state index < -0.39 is 33.4 Å².